The maximum atomic E-state index is 12.4. The summed E-state index contributed by atoms with van der Waals surface area (Å²) in [7, 11) is 0. The highest BCUT2D eigenvalue weighted by Crippen LogP contribution is 2.52. The summed E-state index contributed by atoms with van der Waals surface area (Å²) < 4.78 is 41.2. The van der Waals surface area contributed by atoms with Crippen molar-refractivity contribution in [3.8, 4) is 5.75 Å². The second kappa shape index (κ2) is 5.81. The molecule has 1 atom stereocenters. The lowest BCUT2D eigenvalue weighted by atomic mass is 9.61. The van der Waals surface area contributed by atoms with Gasteiger partial charge in [-0.3, -0.25) is 0 Å². The summed E-state index contributed by atoms with van der Waals surface area (Å²) in [5.41, 5.74) is -0.0720. The summed E-state index contributed by atoms with van der Waals surface area (Å²) in [6, 6.07) is 7.42. The molecule has 1 heterocycles. The summed E-state index contributed by atoms with van der Waals surface area (Å²) in [6.45, 7) is 0. The van der Waals surface area contributed by atoms with Crippen molar-refractivity contribution in [3.05, 3.63) is 54.1 Å². The molecule has 1 aromatic carbocycles. The molecule has 2 aromatic rings. The van der Waals surface area contributed by atoms with E-state index in [0.29, 0.717) is 18.4 Å². The van der Waals surface area contributed by atoms with Crippen molar-refractivity contribution in [3.63, 3.8) is 0 Å². The number of nitrogens with zero attached hydrogens (tertiary/aromatic N) is 2. The van der Waals surface area contributed by atoms with Gasteiger partial charge in [-0.1, -0.05) is 18.6 Å². The van der Waals surface area contributed by atoms with E-state index in [0.717, 1.165) is 6.42 Å². The third kappa shape index (κ3) is 3.14. The van der Waals surface area contributed by atoms with E-state index >= 15 is 0 Å². The molecule has 3 rings (SSSR count). The van der Waals surface area contributed by atoms with E-state index in [1.807, 2.05) is 0 Å². The lowest BCUT2D eigenvalue weighted by Crippen LogP contribution is -2.41. The third-order valence-electron chi connectivity index (χ3n) is 4.24. The van der Waals surface area contributed by atoms with Crippen molar-refractivity contribution in [1.82, 2.24) is 9.97 Å². The monoisotopic (exact) mass is 324 g/mol. The summed E-state index contributed by atoms with van der Waals surface area (Å²) in [5, 5.41) is 10.7. The maximum Gasteiger partial charge on any atom is 0.573 e. The van der Waals surface area contributed by atoms with Gasteiger partial charge in [-0.2, -0.15) is 0 Å². The molecule has 0 spiro atoms. The van der Waals surface area contributed by atoms with Crippen LogP contribution in [0.1, 0.15) is 36.8 Å². The van der Waals surface area contributed by atoms with Crippen LogP contribution in [0.25, 0.3) is 0 Å². The van der Waals surface area contributed by atoms with Crippen LogP contribution in [-0.2, 0) is 5.41 Å². The predicted molar refractivity (Wildman–Crippen MR) is 75.6 cm³/mol. The Hall–Kier alpha value is -2.15. The molecule has 0 bridgehead atoms. The van der Waals surface area contributed by atoms with Crippen molar-refractivity contribution < 1.29 is 23.0 Å². The Morgan fingerprint density at radius 2 is 1.83 bits per heavy atom. The number of aliphatic hydroxyl groups is 1. The number of alkyl halides is 3. The van der Waals surface area contributed by atoms with Gasteiger partial charge in [-0.15, -0.1) is 13.2 Å². The standard InChI is InChI=1S/C16H15F3N2O2/c17-16(18,19)23-12-5-1-4-11(10-12)15(6-2-7-15)13(22)14-20-8-3-9-21-14/h1,3-5,8-10,13,22H,2,6-7H2. The zero-order chi connectivity index (χ0) is 16.5. The molecule has 1 aliphatic rings. The number of aliphatic hydroxyl groups excluding tert-OH is 1. The SMILES string of the molecule is OC(c1ncccn1)C1(c2cccc(OC(F)(F)F)c2)CCC1. The normalized spacial score (nSPS) is 18.1. The van der Waals surface area contributed by atoms with Crippen molar-refractivity contribution in [2.75, 3.05) is 0 Å². The number of rotatable bonds is 4. The van der Waals surface area contributed by atoms with Gasteiger partial charge in [0.15, 0.2) is 5.82 Å². The molecule has 7 heteroatoms. The molecule has 0 radical (unpaired) electrons. The van der Waals surface area contributed by atoms with Gasteiger partial charge in [0.25, 0.3) is 0 Å². The highest BCUT2D eigenvalue weighted by molar-refractivity contribution is 5.37. The molecule has 0 saturated heterocycles. The lowest BCUT2D eigenvalue weighted by Gasteiger charge is -2.45. The fraction of sp³-hybridized carbons (Fsp3) is 0.375. The molecule has 1 unspecified atom stereocenters. The van der Waals surface area contributed by atoms with E-state index in [9.17, 15) is 18.3 Å². The van der Waals surface area contributed by atoms with Gasteiger partial charge in [-0.05, 0) is 36.6 Å². The smallest absolute Gasteiger partial charge is 0.406 e. The Kier molecular flexibility index (Phi) is 3.97. The van der Waals surface area contributed by atoms with E-state index < -0.39 is 17.9 Å². The number of ether oxygens (including phenoxy) is 1. The van der Waals surface area contributed by atoms with Gasteiger partial charge in [0, 0.05) is 17.8 Å². The highest BCUT2D eigenvalue weighted by Gasteiger charge is 2.47. The Labute approximate surface area is 131 Å². The number of halogens is 3. The number of hydrogen-bond donors (Lipinski definition) is 1. The minimum absolute atomic E-state index is 0.273. The van der Waals surface area contributed by atoms with Crippen molar-refractivity contribution in [2.24, 2.45) is 0 Å². The molecular weight excluding hydrogens is 309 g/mol. The fourth-order valence-electron chi connectivity index (χ4n) is 2.98. The quantitative estimate of drug-likeness (QED) is 0.935. The van der Waals surface area contributed by atoms with Crippen molar-refractivity contribution in [2.45, 2.75) is 37.1 Å². The van der Waals surface area contributed by atoms with Crippen LogP contribution in [0.5, 0.6) is 5.75 Å². The summed E-state index contributed by atoms with van der Waals surface area (Å²) in [6.07, 6.45) is -0.467. The molecule has 0 aliphatic heterocycles. The first-order valence-corrected chi connectivity index (χ1v) is 7.22. The van der Waals surface area contributed by atoms with Crippen molar-refractivity contribution >= 4 is 0 Å². The number of aromatic nitrogens is 2. The van der Waals surface area contributed by atoms with Gasteiger partial charge in [0.05, 0.1) is 0 Å². The van der Waals surface area contributed by atoms with E-state index in [-0.39, 0.29) is 11.6 Å². The first kappa shape index (κ1) is 15.7. The lowest BCUT2D eigenvalue weighted by molar-refractivity contribution is -0.274. The zero-order valence-electron chi connectivity index (χ0n) is 12.1. The molecule has 122 valence electrons. The van der Waals surface area contributed by atoms with Crippen LogP contribution in [0.15, 0.2) is 42.7 Å². The van der Waals surface area contributed by atoms with Gasteiger partial charge in [0.2, 0.25) is 0 Å². The summed E-state index contributed by atoms with van der Waals surface area (Å²) in [4.78, 5) is 8.12. The molecule has 1 saturated carbocycles. The third-order valence-corrected chi connectivity index (χ3v) is 4.24. The first-order chi connectivity index (χ1) is 10.9. The van der Waals surface area contributed by atoms with Crippen LogP contribution in [0, 0.1) is 0 Å². The number of benzene rings is 1. The average molecular weight is 324 g/mol. The van der Waals surface area contributed by atoms with E-state index in [4.69, 9.17) is 0 Å². The van der Waals surface area contributed by atoms with Crippen LogP contribution < -0.4 is 4.74 Å². The van der Waals surface area contributed by atoms with E-state index in [1.165, 1.54) is 30.6 Å². The highest BCUT2D eigenvalue weighted by atomic mass is 19.4. The topological polar surface area (TPSA) is 55.2 Å². The fourth-order valence-corrected chi connectivity index (χ4v) is 2.98. The van der Waals surface area contributed by atoms with E-state index in [1.54, 1.807) is 12.1 Å². The molecule has 1 N–H and O–H groups in total. The number of hydrogen-bond acceptors (Lipinski definition) is 4. The average Bonchev–Trinajstić information content (AvgIpc) is 2.45. The largest absolute Gasteiger partial charge is 0.573 e. The summed E-state index contributed by atoms with van der Waals surface area (Å²) >= 11 is 0. The molecule has 1 fully saturated rings. The van der Waals surface area contributed by atoms with Gasteiger partial charge >= 0.3 is 6.36 Å². The molecule has 0 amide bonds. The Morgan fingerprint density at radius 3 is 2.39 bits per heavy atom. The molecule has 23 heavy (non-hydrogen) atoms. The Morgan fingerprint density at radius 1 is 1.13 bits per heavy atom. The van der Waals surface area contributed by atoms with E-state index in [2.05, 4.69) is 14.7 Å². The molecular formula is C16H15F3N2O2. The predicted octanol–water partition coefficient (Wildman–Crippen LogP) is 3.53. The molecule has 4 nitrogen and oxygen atoms in total. The summed E-state index contributed by atoms with van der Waals surface area (Å²) in [5.74, 6) is -0.0169. The minimum atomic E-state index is -4.74. The van der Waals surface area contributed by atoms with Crippen LogP contribution >= 0.6 is 0 Å². The minimum Gasteiger partial charge on any atom is -0.406 e. The first-order valence-electron chi connectivity index (χ1n) is 7.22. The Balaban J connectivity index is 1.93. The zero-order valence-corrected chi connectivity index (χ0v) is 12.1. The van der Waals surface area contributed by atoms with Crippen LogP contribution in [0.3, 0.4) is 0 Å². The van der Waals surface area contributed by atoms with Gasteiger partial charge in [-0.25, -0.2) is 9.97 Å². The Bertz CT molecular complexity index is 673. The van der Waals surface area contributed by atoms with Crippen LogP contribution in [0.2, 0.25) is 0 Å². The molecule has 1 aromatic heterocycles. The second-order valence-corrected chi connectivity index (χ2v) is 5.59. The van der Waals surface area contributed by atoms with Gasteiger partial charge < -0.3 is 9.84 Å². The van der Waals surface area contributed by atoms with Crippen molar-refractivity contribution in [1.29, 1.82) is 0 Å². The second-order valence-electron chi connectivity index (χ2n) is 5.59. The van der Waals surface area contributed by atoms with Gasteiger partial charge in [0.1, 0.15) is 11.9 Å². The van der Waals surface area contributed by atoms with Crippen LogP contribution in [0.4, 0.5) is 13.2 Å². The maximum absolute atomic E-state index is 12.4. The molecule has 1 aliphatic carbocycles. The van der Waals surface area contributed by atoms with Crippen LogP contribution in [-0.4, -0.2) is 21.4 Å².